The van der Waals surface area contributed by atoms with Crippen LogP contribution in [-0.4, -0.2) is 46.7 Å². The van der Waals surface area contributed by atoms with Gasteiger partial charge in [0.15, 0.2) is 0 Å². The Morgan fingerprint density at radius 2 is 2.04 bits per heavy atom. The van der Waals surface area contributed by atoms with E-state index < -0.39 is 17.7 Å². The molecule has 2 fully saturated rings. The molecule has 1 aliphatic carbocycles. The lowest BCUT2D eigenvalue weighted by atomic mass is 9.96. The number of nitrogens with one attached hydrogen (secondary N) is 1. The van der Waals surface area contributed by atoms with Gasteiger partial charge in [-0.2, -0.15) is 0 Å². The summed E-state index contributed by atoms with van der Waals surface area (Å²) in [5.74, 6) is 0.570. The molecule has 1 saturated heterocycles. The van der Waals surface area contributed by atoms with Crippen molar-refractivity contribution in [3.63, 3.8) is 0 Å². The standard InChI is InChI=1S/C16H19BrN2O4/c1-16(10-2-3-10)14(21)19(15(22)18-16)8-12(20)9-23-13-6-4-11(17)5-7-13/h4-7,10,12,20H,2-3,8-9H2,1H3,(H,18,22). The SMILES string of the molecule is CC1(C2CC2)NC(=O)N(CC(O)COc2ccc(Br)cc2)C1=O. The van der Waals surface area contributed by atoms with Crippen LogP contribution in [0.4, 0.5) is 4.79 Å². The minimum absolute atomic E-state index is 0.0127. The Hall–Kier alpha value is -1.60. The average molecular weight is 383 g/mol. The van der Waals surface area contributed by atoms with Crippen LogP contribution in [0, 0.1) is 5.92 Å². The number of aliphatic hydroxyl groups is 1. The third-order valence-corrected chi connectivity index (χ3v) is 4.87. The molecule has 0 aromatic heterocycles. The molecule has 7 heteroatoms. The maximum absolute atomic E-state index is 12.5. The van der Waals surface area contributed by atoms with Gasteiger partial charge in [0.25, 0.3) is 5.91 Å². The number of aliphatic hydroxyl groups excluding tert-OH is 1. The zero-order valence-corrected chi connectivity index (χ0v) is 14.4. The van der Waals surface area contributed by atoms with Crippen molar-refractivity contribution in [3.05, 3.63) is 28.7 Å². The number of hydrogen-bond donors (Lipinski definition) is 2. The Balaban J connectivity index is 1.55. The molecule has 124 valence electrons. The third kappa shape index (κ3) is 3.35. The van der Waals surface area contributed by atoms with Gasteiger partial charge >= 0.3 is 6.03 Å². The van der Waals surface area contributed by atoms with Crippen LogP contribution in [0.15, 0.2) is 28.7 Å². The normalized spacial score (nSPS) is 25.4. The fourth-order valence-corrected chi connectivity index (χ4v) is 3.07. The molecule has 1 aromatic rings. The number of benzene rings is 1. The highest BCUT2D eigenvalue weighted by molar-refractivity contribution is 9.10. The summed E-state index contributed by atoms with van der Waals surface area (Å²) in [7, 11) is 0. The maximum Gasteiger partial charge on any atom is 0.325 e. The topological polar surface area (TPSA) is 78.9 Å². The number of ether oxygens (including phenoxy) is 1. The van der Waals surface area contributed by atoms with Gasteiger partial charge in [0.05, 0.1) is 6.54 Å². The van der Waals surface area contributed by atoms with E-state index in [2.05, 4.69) is 21.2 Å². The van der Waals surface area contributed by atoms with Gasteiger partial charge in [-0.3, -0.25) is 9.69 Å². The predicted octanol–water partition coefficient (Wildman–Crippen LogP) is 1.91. The maximum atomic E-state index is 12.5. The quantitative estimate of drug-likeness (QED) is 0.736. The van der Waals surface area contributed by atoms with Crippen molar-refractivity contribution in [2.45, 2.75) is 31.4 Å². The van der Waals surface area contributed by atoms with E-state index in [-0.39, 0.29) is 25.0 Å². The molecule has 2 aliphatic rings. The molecule has 3 amide bonds. The molecule has 1 saturated carbocycles. The van der Waals surface area contributed by atoms with Crippen molar-refractivity contribution in [3.8, 4) is 5.75 Å². The van der Waals surface area contributed by atoms with Crippen molar-refractivity contribution in [2.75, 3.05) is 13.2 Å². The molecule has 1 aromatic carbocycles. The van der Waals surface area contributed by atoms with Crippen LogP contribution >= 0.6 is 15.9 Å². The highest BCUT2D eigenvalue weighted by Gasteiger charge is 2.56. The number of rotatable bonds is 6. The molecule has 0 radical (unpaired) electrons. The number of amides is 3. The highest BCUT2D eigenvalue weighted by atomic mass is 79.9. The lowest BCUT2D eigenvalue weighted by Crippen LogP contribution is -2.46. The molecule has 3 rings (SSSR count). The summed E-state index contributed by atoms with van der Waals surface area (Å²) < 4.78 is 6.41. The smallest absolute Gasteiger partial charge is 0.325 e. The molecule has 6 nitrogen and oxygen atoms in total. The van der Waals surface area contributed by atoms with Gasteiger partial charge in [0.1, 0.15) is 24.0 Å². The summed E-state index contributed by atoms with van der Waals surface area (Å²) in [4.78, 5) is 25.6. The predicted molar refractivity (Wildman–Crippen MR) is 87.0 cm³/mol. The summed E-state index contributed by atoms with van der Waals surface area (Å²) in [5, 5.41) is 12.8. The van der Waals surface area contributed by atoms with Crippen molar-refractivity contribution in [1.29, 1.82) is 0 Å². The van der Waals surface area contributed by atoms with Crippen LogP contribution in [0.2, 0.25) is 0 Å². The number of urea groups is 1. The zero-order valence-electron chi connectivity index (χ0n) is 12.8. The molecule has 23 heavy (non-hydrogen) atoms. The van der Waals surface area contributed by atoms with E-state index in [1.807, 2.05) is 12.1 Å². The first-order valence-electron chi connectivity index (χ1n) is 7.60. The Morgan fingerprint density at radius 1 is 1.39 bits per heavy atom. The van der Waals surface area contributed by atoms with E-state index >= 15 is 0 Å². The lowest BCUT2D eigenvalue weighted by Gasteiger charge is -2.22. The molecule has 1 heterocycles. The Labute approximate surface area is 142 Å². The van der Waals surface area contributed by atoms with E-state index in [0.29, 0.717) is 5.75 Å². The number of imide groups is 1. The second-order valence-corrected chi connectivity index (χ2v) is 7.16. The summed E-state index contributed by atoms with van der Waals surface area (Å²) >= 11 is 3.33. The van der Waals surface area contributed by atoms with Crippen molar-refractivity contribution in [2.24, 2.45) is 5.92 Å². The summed E-state index contributed by atoms with van der Waals surface area (Å²) in [6, 6.07) is 6.77. The number of hydrogen-bond acceptors (Lipinski definition) is 4. The lowest BCUT2D eigenvalue weighted by molar-refractivity contribution is -0.132. The first kappa shape index (κ1) is 16.3. The van der Waals surface area contributed by atoms with Crippen LogP contribution in [-0.2, 0) is 4.79 Å². The molecule has 1 aliphatic heterocycles. The summed E-state index contributed by atoms with van der Waals surface area (Å²) in [6.45, 7) is 1.71. The van der Waals surface area contributed by atoms with Crippen LogP contribution in [0.25, 0.3) is 0 Å². The summed E-state index contributed by atoms with van der Waals surface area (Å²) in [6.07, 6.45) is 0.965. The first-order valence-corrected chi connectivity index (χ1v) is 8.40. The fourth-order valence-electron chi connectivity index (χ4n) is 2.81. The molecule has 2 N–H and O–H groups in total. The van der Waals surface area contributed by atoms with E-state index in [0.717, 1.165) is 22.2 Å². The minimum atomic E-state index is -0.935. The van der Waals surface area contributed by atoms with E-state index in [4.69, 9.17) is 4.74 Å². The molecule has 2 atom stereocenters. The van der Waals surface area contributed by atoms with Gasteiger partial charge in [-0.1, -0.05) is 15.9 Å². The number of halogens is 1. The number of nitrogens with zero attached hydrogens (tertiary/aromatic N) is 1. The van der Waals surface area contributed by atoms with Crippen molar-refractivity contribution in [1.82, 2.24) is 10.2 Å². The molecule has 0 spiro atoms. The van der Waals surface area contributed by atoms with E-state index in [1.165, 1.54) is 0 Å². The number of carbonyl (C=O) groups is 2. The van der Waals surface area contributed by atoms with E-state index in [9.17, 15) is 14.7 Å². The molecular formula is C16H19BrN2O4. The van der Waals surface area contributed by atoms with Crippen LogP contribution in [0.1, 0.15) is 19.8 Å². The molecular weight excluding hydrogens is 364 g/mol. The van der Waals surface area contributed by atoms with Gasteiger partial charge in [-0.25, -0.2) is 4.79 Å². The van der Waals surface area contributed by atoms with Gasteiger partial charge < -0.3 is 15.2 Å². The minimum Gasteiger partial charge on any atom is -0.491 e. The summed E-state index contributed by atoms with van der Waals surface area (Å²) in [5.41, 5.74) is -0.816. The number of carbonyl (C=O) groups excluding carboxylic acids is 2. The first-order chi connectivity index (χ1) is 10.9. The van der Waals surface area contributed by atoms with Crippen molar-refractivity contribution < 1.29 is 19.4 Å². The van der Waals surface area contributed by atoms with Crippen LogP contribution in [0.5, 0.6) is 5.75 Å². The fraction of sp³-hybridized carbons (Fsp3) is 0.500. The Kier molecular flexibility index (Phi) is 4.33. The van der Waals surface area contributed by atoms with Gasteiger partial charge in [-0.15, -0.1) is 0 Å². The highest BCUT2D eigenvalue weighted by Crippen LogP contribution is 2.42. The Morgan fingerprint density at radius 3 is 2.65 bits per heavy atom. The van der Waals surface area contributed by atoms with Crippen LogP contribution < -0.4 is 10.1 Å². The third-order valence-electron chi connectivity index (χ3n) is 4.34. The van der Waals surface area contributed by atoms with Crippen LogP contribution in [0.3, 0.4) is 0 Å². The molecule has 2 unspecified atom stereocenters. The number of β-amino-alcohol motifs (C(OH)–C–C–N with tert-alkyl or cyclic N) is 1. The second kappa shape index (κ2) is 6.13. The van der Waals surface area contributed by atoms with Gasteiger partial charge in [-0.05, 0) is 49.9 Å². The monoisotopic (exact) mass is 382 g/mol. The van der Waals surface area contributed by atoms with Crippen molar-refractivity contribution >= 4 is 27.9 Å². The second-order valence-electron chi connectivity index (χ2n) is 6.24. The molecule has 0 bridgehead atoms. The van der Waals surface area contributed by atoms with E-state index in [1.54, 1.807) is 19.1 Å². The van der Waals surface area contributed by atoms with Gasteiger partial charge in [0.2, 0.25) is 0 Å². The zero-order chi connectivity index (χ0) is 16.6. The Bertz CT molecular complexity index is 617. The van der Waals surface area contributed by atoms with Gasteiger partial charge in [0, 0.05) is 4.47 Å². The average Bonchev–Trinajstić information content (AvgIpc) is 3.33. The largest absolute Gasteiger partial charge is 0.491 e.